The van der Waals surface area contributed by atoms with Crippen molar-refractivity contribution in [3.63, 3.8) is 0 Å². The summed E-state index contributed by atoms with van der Waals surface area (Å²) in [5.74, 6) is 0. The van der Waals surface area contributed by atoms with Gasteiger partial charge in [-0.25, -0.2) is 0 Å². The maximum Gasteiger partial charge on any atom is 0.135 e. The first-order valence-electron chi connectivity index (χ1n) is 1.49. The van der Waals surface area contributed by atoms with Crippen LogP contribution < -0.4 is 0 Å². The Morgan fingerprint density at radius 3 is 1.50 bits per heavy atom. The molecule has 0 fully saturated rings. The van der Waals surface area contributed by atoms with Crippen molar-refractivity contribution >= 4 is 6.71 Å². The SMILES string of the molecule is [CH]B(C)C. The molecule has 0 aliphatic carbocycles. The van der Waals surface area contributed by atoms with E-state index in [4.69, 9.17) is 6.82 Å². The smallest absolute Gasteiger partial charge is 0.0861 e. The molecule has 0 rings (SSSR count). The van der Waals surface area contributed by atoms with Gasteiger partial charge in [-0.2, -0.15) is 0 Å². The Balaban J connectivity index is 2.32. The highest BCUT2D eigenvalue weighted by Gasteiger charge is 1.76. The number of rotatable bonds is 0. The molecule has 0 amide bonds. The second-order valence-corrected chi connectivity index (χ2v) is 1.24. The highest BCUT2D eigenvalue weighted by Crippen LogP contribution is 1.65. The van der Waals surface area contributed by atoms with Crippen LogP contribution in [0.2, 0.25) is 13.6 Å². The molecule has 0 aliphatic rings. The molecule has 0 heterocycles. The summed E-state index contributed by atoms with van der Waals surface area (Å²) < 4.78 is 0. The highest BCUT2D eigenvalue weighted by molar-refractivity contribution is 6.57. The lowest BCUT2D eigenvalue weighted by molar-refractivity contribution is 2.01. The van der Waals surface area contributed by atoms with Gasteiger partial charge in [0, 0.05) is 0 Å². The van der Waals surface area contributed by atoms with E-state index >= 15 is 0 Å². The Morgan fingerprint density at radius 1 is 1.50 bits per heavy atom. The van der Waals surface area contributed by atoms with E-state index in [1.807, 2.05) is 13.6 Å². The van der Waals surface area contributed by atoms with Gasteiger partial charge in [0.25, 0.3) is 0 Å². The molecule has 22 valence electrons. The fourth-order valence-electron chi connectivity index (χ4n) is 0. The van der Waals surface area contributed by atoms with Crippen LogP contribution in [-0.4, -0.2) is 6.71 Å². The van der Waals surface area contributed by atoms with Gasteiger partial charge in [-0.15, -0.1) is 0 Å². The molecular formula is C3H7B. The van der Waals surface area contributed by atoms with E-state index in [0.717, 1.165) is 0 Å². The van der Waals surface area contributed by atoms with Crippen LogP contribution in [0.15, 0.2) is 0 Å². The Labute approximate surface area is 28.3 Å². The van der Waals surface area contributed by atoms with Crippen molar-refractivity contribution in [2.45, 2.75) is 13.6 Å². The lowest BCUT2D eigenvalue weighted by atomic mass is 9.58. The summed E-state index contributed by atoms with van der Waals surface area (Å²) in [7, 11) is 0. The van der Waals surface area contributed by atoms with Crippen LogP contribution in [0.25, 0.3) is 0 Å². The van der Waals surface area contributed by atoms with Crippen molar-refractivity contribution in [2.24, 2.45) is 0 Å². The van der Waals surface area contributed by atoms with Crippen LogP contribution in [-0.2, 0) is 0 Å². The average Bonchev–Trinajstić information content (AvgIpc) is 0.811. The average molecular weight is 53.9 g/mol. The molecule has 0 aromatic rings. The third-order valence-electron chi connectivity index (χ3n) is 0. The van der Waals surface area contributed by atoms with E-state index in [1.54, 1.807) is 0 Å². The van der Waals surface area contributed by atoms with E-state index in [-0.39, 0.29) is 0 Å². The summed E-state index contributed by atoms with van der Waals surface area (Å²) in [5.41, 5.74) is 0. The van der Waals surface area contributed by atoms with Crippen molar-refractivity contribution in [1.29, 1.82) is 0 Å². The molecule has 0 atom stereocenters. The predicted octanol–water partition coefficient (Wildman–Crippen LogP) is 0.991. The topological polar surface area (TPSA) is 0 Å². The summed E-state index contributed by atoms with van der Waals surface area (Å²) in [6.45, 7) is 9.33. The second kappa shape index (κ2) is 1.39. The molecule has 0 aromatic heterocycles. The van der Waals surface area contributed by atoms with Gasteiger partial charge in [-0.1, -0.05) is 20.5 Å². The molecule has 0 N–H and O–H groups in total. The summed E-state index contributed by atoms with van der Waals surface area (Å²) in [4.78, 5) is 0. The van der Waals surface area contributed by atoms with Gasteiger partial charge >= 0.3 is 0 Å². The van der Waals surface area contributed by atoms with Gasteiger partial charge < -0.3 is 0 Å². The summed E-state index contributed by atoms with van der Waals surface area (Å²) in [6, 6.07) is 0. The molecule has 0 aromatic carbocycles. The largest absolute Gasteiger partial charge is 0.135 e. The van der Waals surface area contributed by atoms with Gasteiger partial charge in [0.15, 0.2) is 0 Å². The van der Waals surface area contributed by atoms with Crippen LogP contribution in [0, 0.1) is 6.82 Å². The van der Waals surface area contributed by atoms with E-state index in [1.165, 1.54) is 0 Å². The standard InChI is InChI=1S/C3H7B/c1-4(2)3/h1H,2-3H3. The molecule has 0 bridgehead atoms. The lowest BCUT2D eigenvalue weighted by Gasteiger charge is -1.71. The zero-order valence-corrected chi connectivity index (χ0v) is 3.15. The minimum Gasteiger partial charge on any atom is -0.0861 e. The second-order valence-electron chi connectivity index (χ2n) is 1.24. The minimum absolute atomic E-state index is 0.333. The molecule has 0 saturated carbocycles. The quantitative estimate of drug-likeness (QED) is 0.362. The van der Waals surface area contributed by atoms with Gasteiger partial charge in [0.05, 0.1) is 0 Å². The highest BCUT2D eigenvalue weighted by atomic mass is 13.2. The van der Waals surface area contributed by atoms with Gasteiger partial charge in [-0.3, -0.25) is 0 Å². The lowest BCUT2D eigenvalue weighted by Crippen LogP contribution is -1.86. The molecule has 2 radical (unpaired) electrons. The monoisotopic (exact) mass is 54.1 g/mol. The molecule has 0 saturated heterocycles. The maximum atomic E-state index is 5.11. The van der Waals surface area contributed by atoms with E-state index in [9.17, 15) is 0 Å². The third-order valence-corrected chi connectivity index (χ3v) is 0. The molecular weight excluding hydrogens is 46.8 g/mol. The summed E-state index contributed by atoms with van der Waals surface area (Å²) in [5, 5.41) is 0. The van der Waals surface area contributed by atoms with Crippen LogP contribution in [0.3, 0.4) is 0 Å². The summed E-state index contributed by atoms with van der Waals surface area (Å²) >= 11 is 0. The van der Waals surface area contributed by atoms with Crippen molar-refractivity contribution in [1.82, 2.24) is 0 Å². The van der Waals surface area contributed by atoms with Gasteiger partial charge in [0.1, 0.15) is 6.71 Å². The van der Waals surface area contributed by atoms with E-state index in [0.29, 0.717) is 6.71 Å². The van der Waals surface area contributed by atoms with Crippen LogP contribution >= 0.6 is 0 Å². The molecule has 1 heteroatoms. The van der Waals surface area contributed by atoms with Crippen molar-refractivity contribution in [3.05, 3.63) is 6.82 Å². The first-order chi connectivity index (χ1) is 1.73. The van der Waals surface area contributed by atoms with Crippen LogP contribution in [0.1, 0.15) is 0 Å². The molecule has 0 unspecified atom stereocenters. The van der Waals surface area contributed by atoms with Crippen LogP contribution in [0.5, 0.6) is 0 Å². The Morgan fingerprint density at radius 2 is 1.50 bits per heavy atom. The minimum atomic E-state index is 0.333. The molecule has 0 aliphatic heterocycles. The zero-order valence-electron chi connectivity index (χ0n) is 3.15. The summed E-state index contributed by atoms with van der Waals surface area (Å²) in [6.07, 6.45) is 0. The van der Waals surface area contributed by atoms with Gasteiger partial charge in [-0.05, 0) is 0 Å². The normalized spacial score (nSPS) is 6.75. The van der Waals surface area contributed by atoms with Gasteiger partial charge in [0.2, 0.25) is 0 Å². The van der Waals surface area contributed by atoms with Crippen molar-refractivity contribution in [2.75, 3.05) is 0 Å². The zero-order chi connectivity index (χ0) is 3.58. The molecule has 4 heavy (non-hydrogen) atoms. The molecule has 0 nitrogen and oxygen atoms in total. The number of hydrogen-bond donors (Lipinski definition) is 0. The fraction of sp³-hybridized carbons (Fsp3) is 0.667. The Hall–Kier alpha value is 0.0649. The predicted molar refractivity (Wildman–Crippen MR) is 21.8 cm³/mol. The molecule has 0 spiro atoms. The van der Waals surface area contributed by atoms with Crippen molar-refractivity contribution in [3.8, 4) is 0 Å². The first kappa shape index (κ1) is 4.06. The maximum absolute atomic E-state index is 5.11. The van der Waals surface area contributed by atoms with Crippen molar-refractivity contribution < 1.29 is 0 Å². The van der Waals surface area contributed by atoms with Crippen LogP contribution in [0.4, 0.5) is 0 Å². The van der Waals surface area contributed by atoms with E-state index < -0.39 is 0 Å². The fourth-order valence-corrected chi connectivity index (χ4v) is 0. The third kappa shape index (κ3) is 555. The first-order valence-corrected chi connectivity index (χ1v) is 1.49. The number of hydrogen-bond acceptors (Lipinski definition) is 0. The Kier molecular flexibility index (Phi) is 1.41. The van der Waals surface area contributed by atoms with E-state index in [2.05, 4.69) is 0 Å². The Bertz CT molecular complexity index is 8.00.